The highest BCUT2D eigenvalue weighted by Crippen LogP contribution is 2.30. The van der Waals surface area contributed by atoms with E-state index < -0.39 is 0 Å². The van der Waals surface area contributed by atoms with E-state index in [0.29, 0.717) is 24.9 Å². The van der Waals surface area contributed by atoms with Crippen LogP contribution in [-0.4, -0.2) is 55.2 Å². The third kappa shape index (κ3) is 4.59. The minimum Gasteiger partial charge on any atom is -0.494 e. The molecule has 6 nitrogen and oxygen atoms in total. The van der Waals surface area contributed by atoms with E-state index in [0.717, 1.165) is 36.3 Å². The second kappa shape index (κ2) is 9.19. The Labute approximate surface area is 164 Å². The van der Waals surface area contributed by atoms with Crippen LogP contribution < -0.4 is 4.90 Å². The fourth-order valence-corrected chi connectivity index (χ4v) is 4.02. The highest BCUT2D eigenvalue weighted by molar-refractivity contribution is 7.22. The first-order valence-corrected chi connectivity index (χ1v) is 10.4. The number of carbonyl (C=O) groups excluding carboxylic acids is 1. The van der Waals surface area contributed by atoms with Crippen LogP contribution in [0.3, 0.4) is 0 Å². The van der Waals surface area contributed by atoms with E-state index in [2.05, 4.69) is 37.8 Å². The topological polar surface area (TPSA) is 54.9 Å². The lowest BCUT2D eigenvalue weighted by molar-refractivity contribution is -0.119. The molecule has 27 heavy (non-hydrogen) atoms. The van der Waals surface area contributed by atoms with Gasteiger partial charge in [0.2, 0.25) is 5.76 Å². The van der Waals surface area contributed by atoms with E-state index in [-0.39, 0.29) is 11.7 Å². The number of aromatic nitrogens is 1. The molecule has 2 aromatic rings. The molecule has 1 aliphatic heterocycles. The predicted octanol–water partition coefficient (Wildman–Crippen LogP) is 3.42. The van der Waals surface area contributed by atoms with Crippen LogP contribution >= 0.6 is 11.3 Å². The van der Waals surface area contributed by atoms with Gasteiger partial charge in [-0.05, 0) is 37.2 Å². The average molecular weight is 390 g/mol. The number of rotatable bonds is 8. The van der Waals surface area contributed by atoms with Crippen molar-refractivity contribution >= 4 is 32.6 Å². The lowest BCUT2D eigenvalue weighted by Crippen LogP contribution is -2.40. The number of anilines is 1. The summed E-state index contributed by atoms with van der Waals surface area (Å²) < 4.78 is 11.9. The molecule has 0 saturated carbocycles. The summed E-state index contributed by atoms with van der Waals surface area (Å²) in [5, 5.41) is 0.700. The molecule has 0 atom stereocenters. The number of aryl methyl sites for hydroxylation is 1. The van der Waals surface area contributed by atoms with Gasteiger partial charge >= 0.3 is 0 Å². The molecule has 0 unspecified atom stereocenters. The molecule has 1 amide bonds. The summed E-state index contributed by atoms with van der Waals surface area (Å²) in [6.07, 6.45) is 2.39. The van der Waals surface area contributed by atoms with Crippen LogP contribution in [0, 0.1) is 0 Å². The first kappa shape index (κ1) is 19.6. The van der Waals surface area contributed by atoms with Crippen molar-refractivity contribution < 1.29 is 14.3 Å². The number of ether oxygens (including phenoxy) is 2. The molecule has 0 aliphatic carbocycles. The van der Waals surface area contributed by atoms with Gasteiger partial charge in [-0.3, -0.25) is 9.69 Å². The van der Waals surface area contributed by atoms with E-state index in [1.807, 2.05) is 6.07 Å². The Balaban J connectivity index is 1.90. The van der Waals surface area contributed by atoms with Crippen molar-refractivity contribution in [3.8, 4) is 0 Å². The van der Waals surface area contributed by atoms with Crippen molar-refractivity contribution in [1.82, 2.24) is 9.88 Å². The van der Waals surface area contributed by atoms with Crippen LogP contribution in [0.1, 0.15) is 26.3 Å². The number of thiazole rings is 1. The van der Waals surface area contributed by atoms with Crippen molar-refractivity contribution in [2.75, 3.05) is 44.3 Å². The van der Waals surface area contributed by atoms with Crippen molar-refractivity contribution in [3.63, 3.8) is 0 Å². The summed E-state index contributed by atoms with van der Waals surface area (Å²) in [4.78, 5) is 21.8. The van der Waals surface area contributed by atoms with Gasteiger partial charge in [-0.2, -0.15) is 0 Å². The number of likely N-dealkylation sites (N-methyl/N-ethyl adjacent to an activating group) is 1. The van der Waals surface area contributed by atoms with Crippen molar-refractivity contribution in [3.05, 3.63) is 35.8 Å². The lowest BCUT2D eigenvalue weighted by atomic mass is 10.2. The minimum absolute atomic E-state index is 0.198. The molecule has 0 bridgehead atoms. The molecule has 146 valence electrons. The number of hydrogen-bond acceptors (Lipinski definition) is 6. The van der Waals surface area contributed by atoms with E-state index in [1.165, 1.54) is 11.8 Å². The molecule has 0 radical (unpaired) electrons. The van der Waals surface area contributed by atoms with Crippen molar-refractivity contribution in [2.45, 2.75) is 27.2 Å². The third-order valence-corrected chi connectivity index (χ3v) is 5.76. The van der Waals surface area contributed by atoms with E-state index in [1.54, 1.807) is 16.2 Å². The standard InChI is InChI=1S/C20H27N3O3S/c1-4-15-7-8-16-18(13-15)27-20(21-16)23(10-9-22(5-2)6-3)19(24)17-14-25-11-12-26-17/h7-8,13-14H,4-6,9-12H2,1-3H3. The summed E-state index contributed by atoms with van der Waals surface area (Å²) in [7, 11) is 0. The Morgan fingerprint density at radius 2 is 2.00 bits per heavy atom. The van der Waals surface area contributed by atoms with Crippen LogP contribution in [0.15, 0.2) is 30.2 Å². The fourth-order valence-electron chi connectivity index (χ4n) is 2.97. The number of benzene rings is 1. The average Bonchev–Trinajstić information content (AvgIpc) is 3.14. The second-order valence-electron chi connectivity index (χ2n) is 6.34. The highest BCUT2D eigenvalue weighted by Gasteiger charge is 2.26. The van der Waals surface area contributed by atoms with E-state index in [4.69, 9.17) is 14.5 Å². The Hall–Kier alpha value is -2.12. The first-order valence-electron chi connectivity index (χ1n) is 9.54. The third-order valence-electron chi connectivity index (χ3n) is 4.72. The maximum Gasteiger partial charge on any atom is 0.298 e. The molecule has 0 spiro atoms. The Morgan fingerprint density at radius 1 is 1.19 bits per heavy atom. The van der Waals surface area contributed by atoms with Crippen LogP contribution in [0.2, 0.25) is 0 Å². The first-order chi connectivity index (χ1) is 13.2. The van der Waals surface area contributed by atoms with Crippen LogP contribution in [0.25, 0.3) is 10.2 Å². The quantitative estimate of drug-likeness (QED) is 0.692. The zero-order chi connectivity index (χ0) is 19.2. The van der Waals surface area contributed by atoms with Crippen molar-refractivity contribution in [1.29, 1.82) is 0 Å². The largest absolute Gasteiger partial charge is 0.494 e. The Kier molecular flexibility index (Phi) is 6.68. The van der Waals surface area contributed by atoms with Gasteiger partial charge in [0.25, 0.3) is 5.91 Å². The van der Waals surface area contributed by atoms with E-state index >= 15 is 0 Å². The highest BCUT2D eigenvalue weighted by atomic mass is 32.1. The molecule has 1 aromatic heterocycles. The smallest absolute Gasteiger partial charge is 0.298 e. The van der Waals surface area contributed by atoms with Gasteiger partial charge in [0.1, 0.15) is 19.5 Å². The number of fused-ring (bicyclic) bond motifs is 1. The summed E-state index contributed by atoms with van der Waals surface area (Å²) in [6.45, 7) is 10.5. The van der Waals surface area contributed by atoms with Gasteiger partial charge in [-0.1, -0.05) is 38.2 Å². The van der Waals surface area contributed by atoms with Gasteiger partial charge < -0.3 is 14.4 Å². The fraction of sp³-hybridized carbons (Fsp3) is 0.500. The van der Waals surface area contributed by atoms with Gasteiger partial charge in [-0.15, -0.1) is 0 Å². The maximum absolute atomic E-state index is 13.1. The zero-order valence-electron chi connectivity index (χ0n) is 16.2. The van der Waals surface area contributed by atoms with Gasteiger partial charge in [0.15, 0.2) is 5.13 Å². The molecule has 7 heteroatoms. The summed E-state index contributed by atoms with van der Waals surface area (Å²) in [5.74, 6) is 0.0472. The molecule has 0 saturated heterocycles. The number of amides is 1. The zero-order valence-corrected chi connectivity index (χ0v) is 17.1. The molecular weight excluding hydrogens is 362 g/mol. The van der Waals surface area contributed by atoms with Gasteiger partial charge in [0.05, 0.1) is 10.2 Å². The maximum atomic E-state index is 13.1. The van der Waals surface area contributed by atoms with Gasteiger partial charge in [-0.25, -0.2) is 4.98 Å². The molecule has 3 rings (SSSR count). The molecule has 1 aliphatic rings. The summed E-state index contributed by atoms with van der Waals surface area (Å²) >= 11 is 1.55. The predicted molar refractivity (Wildman–Crippen MR) is 109 cm³/mol. The lowest BCUT2D eigenvalue weighted by Gasteiger charge is -2.26. The number of carbonyl (C=O) groups is 1. The van der Waals surface area contributed by atoms with Gasteiger partial charge in [0, 0.05) is 13.1 Å². The Bertz CT molecular complexity index is 814. The van der Waals surface area contributed by atoms with Crippen LogP contribution in [0.4, 0.5) is 5.13 Å². The van der Waals surface area contributed by atoms with Crippen molar-refractivity contribution in [2.24, 2.45) is 0 Å². The molecule has 0 fully saturated rings. The monoisotopic (exact) mass is 389 g/mol. The minimum atomic E-state index is -0.198. The molecular formula is C20H27N3O3S. The number of hydrogen-bond donors (Lipinski definition) is 0. The molecule has 0 N–H and O–H groups in total. The normalized spacial score (nSPS) is 14.0. The van der Waals surface area contributed by atoms with Crippen LogP contribution in [-0.2, 0) is 20.7 Å². The van der Waals surface area contributed by atoms with E-state index in [9.17, 15) is 4.79 Å². The second-order valence-corrected chi connectivity index (χ2v) is 7.35. The molecule has 1 aromatic carbocycles. The van der Waals surface area contributed by atoms with Crippen LogP contribution in [0.5, 0.6) is 0 Å². The SMILES string of the molecule is CCc1ccc2nc(N(CCN(CC)CC)C(=O)C3=COCCO3)sc2c1. The summed E-state index contributed by atoms with van der Waals surface area (Å²) in [5.41, 5.74) is 2.19. The Morgan fingerprint density at radius 3 is 2.67 bits per heavy atom. The summed E-state index contributed by atoms with van der Waals surface area (Å²) in [6, 6.07) is 6.28. The number of nitrogens with zero attached hydrogens (tertiary/aromatic N) is 3. The molecule has 2 heterocycles.